The van der Waals surface area contributed by atoms with E-state index in [1.54, 1.807) is 4.90 Å². The van der Waals surface area contributed by atoms with Crippen LogP contribution in [0.2, 0.25) is 0 Å². The van der Waals surface area contributed by atoms with E-state index in [-0.39, 0.29) is 11.9 Å². The average molecular weight is 348 g/mol. The summed E-state index contributed by atoms with van der Waals surface area (Å²) in [6, 6.07) is 7.86. The molecule has 0 bridgehead atoms. The van der Waals surface area contributed by atoms with Crippen LogP contribution in [0.25, 0.3) is 11.4 Å². The van der Waals surface area contributed by atoms with Crippen LogP contribution in [-0.4, -0.2) is 45.3 Å². The van der Waals surface area contributed by atoms with Crippen molar-refractivity contribution in [3.63, 3.8) is 0 Å². The van der Waals surface area contributed by atoms with Crippen LogP contribution >= 0.6 is 12.2 Å². The van der Waals surface area contributed by atoms with Crippen molar-refractivity contribution in [1.82, 2.24) is 19.7 Å². The molecule has 0 saturated carbocycles. The highest BCUT2D eigenvalue weighted by Gasteiger charge is 2.14. The fourth-order valence-electron chi connectivity index (χ4n) is 2.28. The smallest absolute Gasteiger partial charge is 0.224 e. The normalized spacial score (nSPS) is 10.9. The van der Waals surface area contributed by atoms with E-state index in [0.717, 1.165) is 17.1 Å². The molecule has 2 aromatic rings. The lowest BCUT2D eigenvalue weighted by atomic mass is 10.2. The van der Waals surface area contributed by atoms with Gasteiger partial charge in [-0.1, -0.05) is 0 Å². The average Bonchev–Trinajstić information content (AvgIpc) is 2.93. The molecule has 0 spiro atoms. The first-order chi connectivity index (χ1) is 11.4. The zero-order valence-corrected chi connectivity index (χ0v) is 15.4. The predicted molar refractivity (Wildman–Crippen MR) is 96.5 cm³/mol. The molecule has 0 fully saturated rings. The zero-order chi connectivity index (χ0) is 17.7. The first-order valence-electron chi connectivity index (χ1n) is 8.08. The molecule has 2 rings (SSSR count). The van der Waals surface area contributed by atoms with Gasteiger partial charge in [-0.25, -0.2) is 0 Å². The van der Waals surface area contributed by atoms with Crippen molar-refractivity contribution in [3.05, 3.63) is 29.0 Å². The number of carbonyl (C=O) groups excluding carboxylic acids is 1. The number of aromatic nitrogens is 3. The van der Waals surface area contributed by atoms with Gasteiger partial charge in [0.25, 0.3) is 0 Å². The monoisotopic (exact) mass is 348 g/mol. The van der Waals surface area contributed by atoms with Gasteiger partial charge < -0.3 is 9.64 Å². The Labute approximate surface area is 147 Å². The van der Waals surface area contributed by atoms with Crippen LogP contribution in [-0.2, 0) is 11.3 Å². The topological polar surface area (TPSA) is 63.1 Å². The maximum absolute atomic E-state index is 12.2. The molecule has 0 aliphatic carbocycles. The number of hydrogen-bond donors (Lipinski definition) is 1. The van der Waals surface area contributed by atoms with Crippen LogP contribution in [0.3, 0.4) is 0 Å². The van der Waals surface area contributed by atoms with E-state index >= 15 is 0 Å². The molecule has 0 radical (unpaired) electrons. The number of ether oxygens (including phenoxy) is 1. The Balaban J connectivity index is 2.16. The van der Waals surface area contributed by atoms with Crippen molar-refractivity contribution >= 4 is 18.1 Å². The molecule has 0 unspecified atom stereocenters. The minimum Gasteiger partial charge on any atom is -0.494 e. The number of benzene rings is 1. The summed E-state index contributed by atoms with van der Waals surface area (Å²) in [5.41, 5.74) is 0.926. The molecule has 24 heavy (non-hydrogen) atoms. The van der Waals surface area contributed by atoms with Crippen LogP contribution in [0.15, 0.2) is 24.3 Å². The van der Waals surface area contributed by atoms with Gasteiger partial charge in [-0.15, -0.1) is 0 Å². The number of amides is 1. The van der Waals surface area contributed by atoms with E-state index in [9.17, 15) is 4.79 Å². The van der Waals surface area contributed by atoms with Gasteiger partial charge in [0.1, 0.15) is 5.75 Å². The number of rotatable bonds is 7. The van der Waals surface area contributed by atoms with E-state index in [1.165, 1.54) is 0 Å². The summed E-state index contributed by atoms with van der Waals surface area (Å²) in [7, 11) is 1.81. The fourth-order valence-corrected chi connectivity index (χ4v) is 2.51. The van der Waals surface area contributed by atoms with E-state index in [1.807, 2.05) is 56.7 Å². The Morgan fingerprint density at radius 2 is 2.04 bits per heavy atom. The Morgan fingerprint density at radius 1 is 1.38 bits per heavy atom. The van der Waals surface area contributed by atoms with E-state index in [4.69, 9.17) is 17.0 Å². The minimum absolute atomic E-state index is 0.0887. The molecule has 6 nitrogen and oxygen atoms in total. The molecule has 1 aromatic carbocycles. The minimum atomic E-state index is 0.0887. The maximum Gasteiger partial charge on any atom is 0.224 e. The van der Waals surface area contributed by atoms with E-state index < -0.39 is 0 Å². The molecule has 1 N–H and O–H groups in total. The van der Waals surface area contributed by atoms with E-state index in [2.05, 4.69) is 10.2 Å². The van der Waals surface area contributed by atoms with Gasteiger partial charge >= 0.3 is 0 Å². The van der Waals surface area contributed by atoms with Gasteiger partial charge in [0.05, 0.1) is 6.61 Å². The third-order valence-corrected chi connectivity index (χ3v) is 4.21. The lowest BCUT2D eigenvalue weighted by Crippen LogP contribution is -2.33. The highest BCUT2D eigenvalue weighted by atomic mass is 32.1. The summed E-state index contributed by atoms with van der Waals surface area (Å²) in [6.45, 7) is 7.06. The Bertz CT molecular complexity index is 734. The SMILES string of the molecule is CCOc1ccc(-c2n[nH]c(=S)n2CCC(=O)N(C)C(C)C)cc1. The second-order valence-corrected chi connectivity index (χ2v) is 6.20. The molecule has 0 aliphatic heterocycles. The molecule has 1 amide bonds. The molecular formula is C17H24N4O2S. The summed E-state index contributed by atoms with van der Waals surface area (Å²) in [6.07, 6.45) is 0.381. The van der Waals surface area contributed by atoms with Gasteiger partial charge in [0.2, 0.25) is 5.91 Å². The lowest BCUT2D eigenvalue weighted by Gasteiger charge is -2.21. The summed E-state index contributed by atoms with van der Waals surface area (Å²) < 4.78 is 7.83. The summed E-state index contributed by atoms with van der Waals surface area (Å²) in [5, 5.41) is 7.11. The second kappa shape index (κ2) is 8.10. The van der Waals surface area contributed by atoms with Crippen LogP contribution < -0.4 is 4.74 Å². The van der Waals surface area contributed by atoms with Crippen molar-refractivity contribution in [2.75, 3.05) is 13.7 Å². The van der Waals surface area contributed by atoms with Crippen molar-refractivity contribution in [1.29, 1.82) is 0 Å². The molecule has 0 aliphatic rings. The van der Waals surface area contributed by atoms with Crippen LogP contribution in [0.5, 0.6) is 5.75 Å². The Hall–Kier alpha value is -2.15. The standard InChI is InChI=1S/C17H24N4O2S/c1-5-23-14-8-6-13(7-9-14)16-18-19-17(24)21(16)11-10-15(22)20(4)12(2)3/h6-9,12H,5,10-11H2,1-4H3,(H,19,24). The third-order valence-electron chi connectivity index (χ3n) is 3.90. The lowest BCUT2D eigenvalue weighted by molar-refractivity contribution is -0.131. The Kier molecular flexibility index (Phi) is 6.14. The van der Waals surface area contributed by atoms with Gasteiger partial charge in [-0.3, -0.25) is 14.5 Å². The van der Waals surface area contributed by atoms with Crippen molar-refractivity contribution in [2.45, 2.75) is 39.8 Å². The van der Waals surface area contributed by atoms with Gasteiger partial charge in [0, 0.05) is 31.6 Å². The highest BCUT2D eigenvalue weighted by Crippen LogP contribution is 2.21. The molecule has 1 aromatic heterocycles. The second-order valence-electron chi connectivity index (χ2n) is 5.81. The number of nitrogens with one attached hydrogen (secondary N) is 1. The predicted octanol–water partition coefficient (Wildman–Crippen LogP) is 3.26. The van der Waals surface area contributed by atoms with Gasteiger partial charge in [-0.2, -0.15) is 5.10 Å². The van der Waals surface area contributed by atoms with Crippen molar-refractivity contribution < 1.29 is 9.53 Å². The number of carbonyl (C=O) groups is 1. The first kappa shape index (κ1) is 18.2. The maximum atomic E-state index is 12.2. The summed E-state index contributed by atoms with van der Waals surface area (Å²) in [5.74, 6) is 1.63. The highest BCUT2D eigenvalue weighted by molar-refractivity contribution is 7.71. The van der Waals surface area contributed by atoms with Crippen LogP contribution in [0, 0.1) is 4.77 Å². The molecule has 130 valence electrons. The van der Waals surface area contributed by atoms with Crippen molar-refractivity contribution in [2.24, 2.45) is 0 Å². The molecule has 7 heteroatoms. The number of nitrogens with zero attached hydrogens (tertiary/aromatic N) is 3. The summed E-state index contributed by atoms with van der Waals surface area (Å²) in [4.78, 5) is 13.9. The van der Waals surface area contributed by atoms with Gasteiger partial charge in [-0.05, 0) is 57.3 Å². The molecular weight excluding hydrogens is 324 g/mol. The van der Waals surface area contributed by atoms with Crippen LogP contribution in [0.1, 0.15) is 27.2 Å². The fraction of sp³-hybridized carbons (Fsp3) is 0.471. The number of aromatic amines is 1. The molecule has 0 saturated heterocycles. The first-order valence-corrected chi connectivity index (χ1v) is 8.49. The third kappa shape index (κ3) is 4.23. The zero-order valence-electron chi connectivity index (χ0n) is 14.6. The number of H-pyrrole nitrogens is 1. The Morgan fingerprint density at radius 3 is 2.62 bits per heavy atom. The molecule has 0 atom stereocenters. The quantitative estimate of drug-likeness (QED) is 0.780. The largest absolute Gasteiger partial charge is 0.494 e. The van der Waals surface area contributed by atoms with Gasteiger partial charge in [0.15, 0.2) is 10.6 Å². The molecule has 1 heterocycles. The van der Waals surface area contributed by atoms with Crippen molar-refractivity contribution in [3.8, 4) is 17.1 Å². The number of hydrogen-bond acceptors (Lipinski definition) is 4. The summed E-state index contributed by atoms with van der Waals surface area (Å²) >= 11 is 5.30. The van der Waals surface area contributed by atoms with E-state index in [0.29, 0.717) is 24.3 Å². The van der Waals surface area contributed by atoms with Crippen LogP contribution in [0.4, 0.5) is 0 Å².